The number of hydrogen-bond acceptors (Lipinski definition) is 5. The first-order valence-electron chi connectivity index (χ1n) is 7.00. The van der Waals surface area contributed by atoms with Crippen molar-refractivity contribution >= 4 is 11.6 Å². The Kier molecular flexibility index (Phi) is 4.24. The molecule has 1 fully saturated rings. The Morgan fingerprint density at radius 3 is 2.58 bits per heavy atom. The molecule has 1 saturated carbocycles. The van der Waals surface area contributed by atoms with Gasteiger partial charge in [-0.3, -0.25) is 0 Å². The van der Waals surface area contributed by atoms with Gasteiger partial charge in [0, 0.05) is 19.2 Å². The minimum atomic E-state index is -0.594. The molecule has 0 aliphatic heterocycles. The largest absolute Gasteiger partial charge is 0.388 e. The first kappa shape index (κ1) is 14.1. The van der Waals surface area contributed by atoms with Gasteiger partial charge in [-0.2, -0.15) is 0 Å². The predicted molar refractivity (Wildman–Crippen MR) is 77.4 cm³/mol. The molecule has 0 radical (unpaired) electrons. The summed E-state index contributed by atoms with van der Waals surface area (Å²) in [5, 5.41) is 16.9. The number of rotatable bonds is 4. The molecule has 5 heteroatoms. The van der Waals surface area contributed by atoms with E-state index >= 15 is 0 Å². The van der Waals surface area contributed by atoms with Crippen LogP contribution in [0.4, 0.5) is 11.6 Å². The normalized spacial score (nSPS) is 27.1. The third kappa shape index (κ3) is 3.35. The fourth-order valence-corrected chi connectivity index (χ4v) is 2.60. The third-order valence-corrected chi connectivity index (χ3v) is 4.11. The van der Waals surface area contributed by atoms with Crippen LogP contribution in [0.1, 0.15) is 38.2 Å². The molecule has 0 unspecified atom stereocenters. The zero-order chi connectivity index (χ0) is 13.9. The lowest BCUT2D eigenvalue weighted by Gasteiger charge is -2.35. The van der Waals surface area contributed by atoms with Crippen LogP contribution in [0.15, 0.2) is 6.33 Å². The Morgan fingerprint density at radius 1 is 1.32 bits per heavy atom. The molecule has 0 bridgehead atoms. The van der Waals surface area contributed by atoms with Gasteiger partial charge in [0.15, 0.2) is 0 Å². The molecule has 2 rings (SSSR count). The lowest BCUT2D eigenvalue weighted by Crippen LogP contribution is -2.40. The van der Waals surface area contributed by atoms with Crippen LogP contribution in [0.25, 0.3) is 0 Å². The van der Waals surface area contributed by atoms with E-state index in [-0.39, 0.29) is 0 Å². The summed E-state index contributed by atoms with van der Waals surface area (Å²) < 4.78 is 0. The summed E-state index contributed by atoms with van der Waals surface area (Å²) in [4.78, 5) is 8.40. The minimum absolute atomic E-state index is 0.556. The Hall–Kier alpha value is -1.36. The van der Waals surface area contributed by atoms with Gasteiger partial charge in [-0.25, -0.2) is 9.97 Å². The number of nitrogens with one attached hydrogen (secondary N) is 2. The maximum Gasteiger partial charge on any atom is 0.134 e. The van der Waals surface area contributed by atoms with Crippen molar-refractivity contribution in [2.24, 2.45) is 5.92 Å². The van der Waals surface area contributed by atoms with Crippen molar-refractivity contribution in [3.05, 3.63) is 11.9 Å². The molecule has 106 valence electrons. The van der Waals surface area contributed by atoms with E-state index in [4.69, 9.17) is 0 Å². The van der Waals surface area contributed by atoms with E-state index in [1.165, 1.54) is 6.33 Å². The highest BCUT2D eigenvalue weighted by Crippen LogP contribution is 2.32. The van der Waals surface area contributed by atoms with Crippen molar-refractivity contribution in [2.45, 2.75) is 45.1 Å². The standard InChI is InChI=1S/C14H24N4O/c1-10-4-6-14(19,7-5-10)8-16-13-11(2)12(15-3)17-9-18-13/h9-10,19H,4-8H2,1-3H3,(H2,15,16,17,18). The van der Waals surface area contributed by atoms with Crippen molar-refractivity contribution in [1.82, 2.24) is 9.97 Å². The van der Waals surface area contributed by atoms with Gasteiger partial charge in [-0.05, 0) is 38.5 Å². The number of hydrogen-bond donors (Lipinski definition) is 3. The van der Waals surface area contributed by atoms with Gasteiger partial charge in [0.2, 0.25) is 0 Å². The fraction of sp³-hybridized carbons (Fsp3) is 0.714. The van der Waals surface area contributed by atoms with E-state index in [9.17, 15) is 5.11 Å². The molecule has 0 aromatic carbocycles. The van der Waals surface area contributed by atoms with Crippen LogP contribution in [0.3, 0.4) is 0 Å². The minimum Gasteiger partial charge on any atom is -0.388 e. The molecule has 1 aromatic rings. The first-order chi connectivity index (χ1) is 9.04. The van der Waals surface area contributed by atoms with Crippen molar-refractivity contribution < 1.29 is 5.11 Å². The fourth-order valence-electron chi connectivity index (χ4n) is 2.60. The summed E-state index contributed by atoms with van der Waals surface area (Å²) in [5.74, 6) is 2.35. The number of aromatic nitrogens is 2. The molecular weight excluding hydrogens is 240 g/mol. The Bertz CT molecular complexity index is 427. The number of nitrogens with zero attached hydrogens (tertiary/aromatic N) is 2. The SMILES string of the molecule is CNc1ncnc(NCC2(O)CCC(C)CC2)c1C. The second kappa shape index (κ2) is 5.74. The molecule has 5 nitrogen and oxygen atoms in total. The molecule has 1 aliphatic carbocycles. The highest BCUT2D eigenvalue weighted by molar-refractivity contribution is 5.56. The molecular formula is C14H24N4O. The van der Waals surface area contributed by atoms with Crippen LogP contribution < -0.4 is 10.6 Å². The maximum absolute atomic E-state index is 10.5. The summed E-state index contributed by atoms with van der Waals surface area (Å²) in [5.41, 5.74) is 0.391. The molecule has 1 heterocycles. The van der Waals surface area contributed by atoms with Crippen LogP contribution in [-0.4, -0.2) is 34.3 Å². The average molecular weight is 264 g/mol. The first-order valence-corrected chi connectivity index (χ1v) is 7.00. The topological polar surface area (TPSA) is 70.1 Å². The lowest BCUT2D eigenvalue weighted by atomic mass is 9.79. The van der Waals surface area contributed by atoms with Crippen LogP contribution >= 0.6 is 0 Å². The Morgan fingerprint density at radius 2 is 1.95 bits per heavy atom. The van der Waals surface area contributed by atoms with Gasteiger partial charge in [0.1, 0.15) is 18.0 Å². The number of anilines is 2. The van der Waals surface area contributed by atoms with E-state index in [0.717, 1.165) is 48.8 Å². The van der Waals surface area contributed by atoms with Crippen molar-refractivity contribution in [2.75, 3.05) is 24.2 Å². The van der Waals surface area contributed by atoms with E-state index in [1.54, 1.807) is 0 Å². The summed E-state index contributed by atoms with van der Waals surface area (Å²) in [6.45, 7) is 4.78. The summed E-state index contributed by atoms with van der Waals surface area (Å²) in [6, 6.07) is 0. The lowest BCUT2D eigenvalue weighted by molar-refractivity contribution is 0.00494. The molecule has 3 N–H and O–H groups in total. The highest BCUT2D eigenvalue weighted by Gasteiger charge is 2.31. The van der Waals surface area contributed by atoms with E-state index in [2.05, 4.69) is 27.5 Å². The van der Waals surface area contributed by atoms with Crippen molar-refractivity contribution in [3.8, 4) is 0 Å². The van der Waals surface area contributed by atoms with Gasteiger partial charge >= 0.3 is 0 Å². The van der Waals surface area contributed by atoms with E-state index in [0.29, 0.717) is 6.54 Å². The molecule has 1 aliphatic rings. The van der Waals surface area contributed by atoms with Crippen LogP contribution in [0.5, 0.6) is 0 Å². The molecule has 0 spiro atoms. The predicted octanol–water partition coefficient (Wildman–Crippen LogP) is 2.18. The molecule has 0 saturated heterocycles. The third-order valence-electron chi connectivity index (χ3n) is 4.11. The van der Waals surface area contributed by atoms with Gasteiger partial charge in [0.25, 0.3) is 0 Å². The monoisotopic (exact) mass is 264 g/mol. The Labute approximate surface area is 114 Å². The maximum atomic E-state index is 10.5. The quantitative estimate of drug-likeness (QED) is 0.777. The molecule has 1 aromatic heterocycles. The summed E-state index contributed by atoms with van der Waals surface area (Å²) in [6.07, 6.45) is 5.47. The van der Waals surface area contributed by atoms with Gasteiger partial charge in [-0.1, -0.05) is 6.92 Å². The molecule has 0 amide bonds. The molecule has 0 atom stereocenters. The van der Waals surface area contributed by atoms with Crippen LogP contribution in [-0.2, 0) is 0 Å². The van der Waals surface area contributed by atoms with E-state index < -0.39 is 5.60 Å². The zero-order valence-electron chi connectivity index (χ0n) is 12.0. The van der Waals surface area contributed by atoms with Crippen molar-refractivity contribution in [1.29, 1.82) is 0 Å². The number of aliphatic hydroxyl groups is 1. The van der Waals surface area contributed by atoms with Gasteiger partial charge in [-0.15, -0.1) is 0 Å². The second-order valence-electron chi connectivity index (χ2n) is 5.71. The van der Waals surface area contributed by atoms with Crippen LogP contribution in [0, 0.1) is 12.8 Å². The van der Waals surface area contributed by atoms with Crippen LogP contribution in [0.2, 0.25) is 0 Å². The summed E-state index contributed by atoms with van der Waals surface area (Å²) >= 11 is 0. The summed E-state index contributed by atoms with van der Waals surface area (Å²) in [7, 11) is 1.84. The van der Waals surface area contributed by atoms with Gasteiger partial charge in [0.05, 0.1) is 5.60 Å². The Balaban J connectivity index is 1.99. The average Bonchev–Trinajstić information content (AvgIpc) is 2.41. The highest BCUT2D eigenvalue weighted by atomic mass is 16.3. The smallest absolute Gasteiger partial charge is 0.134 e. The van der Waals surface area contributed by atoms with E-state index in [1.807, 2.05) is 14.0 Å². The van der Waals surface area contributed by atoms with Crippen molar-refractivity contribution in [3.63, 3.8) is 0 Å². The second-order valence-corrected chi connectivity index (χ2v) is 5.71. The zero-order valence-corrected chi connectivity index (χ0v) is 12.0. The molecule has 19 heavy (non-hydrogen) atoms. The van der Waals surface area contributed by atoms with Gasteiger partial charge < -0.3 is 15.7 Å².